The summed E-state index contributed by atoms with van der Waals surface area (Å²) in [6, 6.07) is 16.1. The standard InChI is InChI=1S/C14H13NO2/c15-13(14(16)17)12-8-4-7-11(9-12)10-5-2-1-3-6-10/h1-9,13H,15H2,(H,16,17)/t13-/m0/s1. The van der Waals surface area contributed by atoms with Crippen LogP contribution in [0.2, 0.25) is 0 Å². The van der Waals surface area contributed by atoms with Gasteiger partial charge >= 0.3 is 5.97 Å². The maximum absolute atomic E-state index is 10.8. The first-order valence-electron chi connectivity index (χ1n) is 5.32. The van der Waals surface area contributed by atoms with E-state index in [4.69, 9.17) is 10.8 Å². The number of carboxylic acids is 1. The SMILES string of the molecule is N[C@H](C(=O)O)c1cccc(-c2ccccc2)c1. The molecule has 2 aromatic carbocycles. The van der Waals surface area contributed by atoms with Gasteiger partial charge in [0.05, 0.1) is 0 Å². The molecule has 3 nitrogen and oxygen atoms in total. The Morgan fingerprint density at radius 1 is 1.00 bits per heavy atom. The van der Waals surface area contributed by atoms with Gasteiger partial charge in [-0.05, 0) is 22.8 Å². The van der Waals surface area contributed by atoms with Crippen molar-refractivity contribution in [1.29, 1.82) is 0 Å². The van der Waals surface area contributed by atoms with Crippen LogP contribution in [0.1, 0.15) is 11.6 Å². The third-order valence-electron chi connectivity index (χ3n) is 2.62. The van der Waals surface area contributed by atoms with Crippen LogP contribution in [-0.4, -0.2) is 11.1 Å². The Balaban J connectivity index is 2.39. The van der Waals surface area contributed by atoms with Gasteiger partial charge in [-0.15, -0.1) is 0 Å². The molecule has 0 saturated heterocycles. The number of carbonyl (C=O) groups is 1. The van der Waals surface area contributed by atoms with Crippen molar-refractivity contribution in [1.82, 2.24) is 0 Å². The second-order valence-corrected chi connectivity index (χ2v) is 3.81. The molecular formula is C14H13NO2. The van der Waals surface area contributed by atoms with E-state index >= 15 is 0 Å². The number of rotatable bonds is 3. The molecule has 0 radical (unpaired) electrons. The van der Waals surface area contributed by atoms with Crippen molar-refractivity contribution in [3.8, 4) is 11.1 Å². The molecule has 17 heavy (non-hydrogen) atoms. The van der Waals surface area contributed by atoms with Crippen molar-refractivity contribution in [3.63, 3.8) is 0 Å². The summed E-state index contributed by atoms with van der Waals surface area (Å²) in [4.78, 5) is 10.8. The molecule has 0 spiro atoms. The summed E-state index contributed by atoms with van der Waals surface area (Å²) in [7, 11) is 0. The van der Waals surface area contributed by atoms with Crippen molar-refractivity contribution in [2.45, 2.75) is 6.04 Å². The molecule has 2 aromatic rings. The molecule has 1 atom stereocenters. The third-order valence-corrected chi connectivity index (χ3v) is 2.62. The van der Waals surface area contributed by atoms with Gasteiger partial charge < -0.3 is 10.8 Å². The number of benzene rings is 2. The van der Waals surface area contributed by atoms with Crippen LogP contribution < -0.4 is 5.73 Å². The second-order valence-electron chi connectivity index (χ2n) is 3.81. The molecule has 0 aliphatic carbocycles. The molecule has 0 heterocycles. The fourth-order valence-electron chi connectivity index (χ4n) is 1.68. The van der Waals surface area contributed by atoms with Gasteiger partial charge in [-0.1, -0.05) is 48.5 Å². The Labute approximate surface area is 99.5 Å². The lowest BCUT2D eigenvalue weighted by Crippen LogP contribution is -2.20. The van der Waals surface area contributed by atoms with Crippen molar-refractivity contribution in [3.05, 3.63) is 60.2 Å². The lowest BCUT2D eigenvalue weighted by atomic mass is 10.00. The minimum Gasteiger partial charge on any atom is -0.480 e. The third kappa shape index (κ3) is 2.52. The van der Waals surface area contributed by atoms with Crippen LogP contribution in [0.4, 0.5) is 0 Å². The monoisotopic (exact) mass is 227 g/mol. The summed E-state index contributed by atoms with van der Waals surface area (Å²) in [6.45, 7) is 0. The van der Waals surface area contributed by atoms with Crippen molar-refractivity contribution in [2.24, 2.45) is 5.73 Å². The van der Waals surface area contributed by atoms with E-state index in [0.29, 0.717) is 5.56 Å². The fraction of sp³-hybridized carbons (Fsp3) is 0.0714. The number of hydrogen-bond acceptors (Lipinski definition) is 2. The maximum atomic E-state index is 10.8. The minimum atomic E-state index is -1.02. The fourth-order valence-corrected chi connectivity index (χ4v) is 1.68. The molecule has 0 saturated carbocycles. The summed E-state index contributed by atoms with van der Waals surface area (Å²) in [5, 5.41) is 8.87. The molecule has 0 aliphatic heterocycles. The Bertz CT molecular complexity index is 523. The van der Waals surface area contributed by atoms with E-state index in [-0.39, 0.29) is 0 Å². The predicted molar refractivity (Wildman–Crippen MR) is 66.4 cm³/mol. The zero-order valence-electron chi connectivity index (χ0n) is 9.21. The second kappa shape index (κ2) is 4.80. The van der Waals surface area contributed by atoms with Gasteiger partial charge in [0.2, 0.25) is 0 Å². The average Bonchev–Trinajstić information content (AvgIpc) is 2.39. The van der Waals surface area contributed by atoms with E-state index in [1.807, 2.05) is 48.5 Å². The molecule has 0 bridgehead atoms. The van der Waals surface area contributed by atoms with E-state index in [0.717, 1.165) is 11.1 Å². The number of aliphatic carboxylic acids is 1. The number of carboxylic acid groups (broad SMARTS) is 1. The summed E-state index contributed by atoms with van der Waals surface area (Å²) in [6.07, 6.45) is 0. The summed E-state index contributed by atoms with van der Waals surface area (Å²) < 4.78 is 0. The van der Waals surface area contributed by atoms with Crippen LogP contribution in [0.15, 0.2) is 54.6 Å². The van der Waals surface area contributed by atoms with Gasteiger partial charge in [0.1, 0.15) is 6.04 Å². The zero-order chi connectivity index (χ0) is 12.3. The lowest BCUT2D eigenvalue weighted by molar-refractivity contribution is -0.138. The zero-order valence-corrected chi connectivity index (χ0v) is 9.21. The Morgan fingerprint density at radius 3 is 2.29 bits per heavy atom. The van der Waals surface area contributed by atoms with Gasteiger partial charge in [0, 0.05) is 0 Å². The van der Waals surface area contributed by atoms with Crippen molar-refractivity contribution in [2.75, 3.05) is 0 Å². The highest BCUT2D eigenvalue weighted by Gasteiger charge is 2.14. The van der Waals surface area contributed by atoms with E-state index in [9.17, 15) is 4.79 Å². The molecule has 0 amide bonds. The first kappa shape index (κ1) is 11.4. The first-order valence-corrected chi connectivity index (χ1v) is 5.32. The number of hydrogen-bond donors (Lipinski definition) is 2. The molecule has 0 unspecified atom stereocenters. The van der Waals surface area contributed by atoms with E-state index in [1.54, 1.807) is 6.07 Å². The van der Waals surface area contributed by atoms with Crippen LogP contribution in [0.3, 0.4) is 0 Å². The lowest BCUT2D eigenvalue weighted by Gasteiger charge is -2.09. The van der Waals surface area contributed by atoms with Crippen LogP contribution in [0.25, 0.3) is 11.1 Å². The Morgan fingerprint density at radius 2 is 1.65 bits per heavy atom. The minimum absolute atomic E-state index is 0.610. The molecule has 0 fully saturated rings. The molecule has 3 N–H and O–H groups in total. The molecule has 3 heteroatoms. The normalized spacial score (nSPS) is 12.1. The molecule has 2 rings (SSSR count). The van der Waals surface area contributed by atoms with Crippen LogP contribution >= 0.6 is 0 Å². The smallest absolute Gasteiger partial charge is 0.325 e. The number of nitrogens with two attached hydrogens (primary N) is 1. The van der Waals surface area contributed by atoms with Gasteiger partial charge in [0.15, 0.2) is 0 Å². The van der Waals surface area contributed by atoms with Crippen LogP contribution in [0, 0.1) is 0 Å². The van der Waals surface area contributed by atoms with E-state index in [1.165, 1.54) is 0 Å². The van der Waals surface area contributed by atoms with E-state index in [2.05, 4.69) is 0 Å². The molecular weight excluding hydrogens is 214 g/mol. The summed E-state index contributed by atoms with van der Waals surface area (Å²) in [5.74, 6) is -1.02. The molecule has 86 valence electrons. The quantitative estimate of drug-likeness (QED) is 0.846. The highest BCUT2D eigenvalue weighted by molar-refractivity contribution is 5.76. The highest BCUT2D eigenvalue weighted by Crippen LogP contribution is 2.22. The summed E-state index contributed by atoms with van der Waals surface area (Å²) >= 11 is 0. The van der Waals surface area contributed by atoms with Crippen molar-refractivity contribution >= 4 is 5.97 Å². The van der Waals surface area contributed by atoms with Crippen LogP contribution in [-0.2, 0) is 4.79 Å². The average molecular weight is 227 g/mol. The van der Waals surface area contributed by atoms with Gasteiger partial charge in [-0.25, -0.2) is 0 Å². The van der Waals surface area contributed by atoms with Gasteiger partial charge in [-0.3, -0.25) is 4.79 Å². The van der Waals surface area contributed by atoms with Gasteiger partial charge in [-0.2, -0.15) is 0 Å². The van der Waals surface area contributed by atoms with Crippen LogP contribution in [0.5, 0.6) is 0 Å². The Hall–Kier alpha value is -2.13. The largest absolute Gasteiger partial charge is 0.480 e. The predicted octanol–water partition coefficient (Wildman–Crippen LogP) is 2.44. The topological polar surface area (TPSA) is 63.3 Å². The Kier molecular flexibility index (Phi) is 3.21. The highest BCUT2D eigenvalue weighted by atomic mass is 16.4. The van der Waals surface area contributed by atoms with E-state index < -0.39 is 12.0 Å². The molecule has 0 aliphatic rings. The molecule has 0 aromatic heterocycles. The van der Waals surface area contributed by atoms with Gasteiger partial charge in [0.25, 0.3) is 0 Å². The maximum Gasteiger partial charge on any atom is 0.325 e. The van der Waals surface area contributed by atoms with Crippen molar-refractivity contribution < 1.29 is 9.90 Å². The summed E-state index contributed by atoms with van der Waals surface area (Å²) in [5.41, 5.74) is 8.22. The first-order chi connectivity index (χ1) is 8.18.